The molecule has 1 fully saturated rings. The van der Waals surface area contributed by atoms with Crippen LogP contribution in [-0.2, 0) is 4.79 Å². The fraction of sp³-hybridized carbons (Fsp3) is 0.320. The summed E-state index contributed by atoms with van der Waals surface area (Å²) < 4.78 is 6.08. The number of amides is 1. The summed E-state index contributed by atoms with van der Waals surface area (Å²) in [6.45, 7) is 9.29. The van der Waals surface area contributed by atoms with Gasteiger partial charge in [0.25, 0.3) is 5.91 Å². The van der Waals surface area contributed by atoms with Crippen LogP contribution in [-0.4, -0.2) is 43.1 Å². The van der Waals surface area contributed by atoms with Gasteiger partial charge in [0.2, 0.25) is 0 Å². The van der Waals surface area contributed by atoms with Crippen LogP contribution >= 0.6 is 0 Å². The summed E-state index contributed by atoms with van der Waals surface area (Å²) in [6.07, 6.45) is -0.506. The molecule has 3 aromatic carbocycles. The van der Waals surface area contributed by atoms with Gasteiger partial charge in [-0.25, -0.2) is 0 Å². The molecule has 3 aromatic rings. The summed E-state index contributed by atoms with van der Waals surface area (Å²) in [4.78, 5) is 17.3. The molecular weight excluding hydrogens is 360 g/mol. The molecule has 0 unspecified atom stereocenters. The number of piperazine rings is 1. The second-order valence-corrected chi connectivity index (χ2v) is 7.77. The zero-order valence-electron chi connectivity index (χ0n) is 17.4. The van der Waals surface area contributed by atoms with E-state index < -0.39 is 6.10 Å². The smallest absolute Gasteiger partial charge is 0.263 e. The number of aryl methyl sites for hydroxylation is 1. The van der Waals surface area contributed by atoms with Gasteiger partial charge in [0, 0.05) is 37.3 Å². The van der Waals surface area contributed by atoms with Gasteiger partial charge < -0.3 is 14.5 Å². The average molecular weight is 389 g/mol. The van der Waals surface area contributed by atoms with Gasteiger partial charge in [0.1, 0.15) is 5.75 Å². The number of nitrogens with zero attached hydrogens (tertiary/aromatic N) is 2. The number of benzene rings is 3. The van der Waals surface area contributed by atoms with Gasteiger partial charge in [-0.05, 0) is 49.4 Å². The minimum atomic E-state index is -0.506. The highest BCUT2D eigenvalue weighted by Gasteiger charge is 2.27. The van der Waals surface area contributed by atoms with Crippen LogP contribution in [0.15, 0.2) is 60.7 Å². The molecule has 0 aromatic heterocycles. The molecule has 0 N–H and O–H groups in total. The Kier molecular flexibility index (Phi) is 5.43. The van der Waals surface area contributed by atoms with Crippen molar-refractivity contribution in [1.82, 2.24) is 4.90 Å². The lowest BCUT2D eigenvalue weighted by atomic mass is 10.1. The summed E-state index contributed by atoms with van der Waals surface area (Å²) in [5.41, 5.74) is 3.90. The topological polar surface area (TPSA) is 32.8 Å². The monoisotopic (exact) mass is 388 g/mol. The molecular formula is C25H28N2O2. The standard InChI is InChI=1S/C25H28N2O2/c1-18-8-6-12-23(19(18)2)26-14-16-27(17-15-26)25(28)20(3)29-24-13-7-10-21-9-4-5-11-22(21)24/h4-13,20H,14-17H2,1-3H3/t20-/m1/s1. The van der Waals surface area contributed by atoms with E-state index in [4.69, 9.17) is 4.74 Å². The molecule has 0 bridgehead atoms. The number of fused-ring (bicyclic) bond motifs is 1. The van der Waals surface area contributed by atoms with Crippen LogP contribution in [0, 0.1) is 13.8 Å². The molecule has 4 heteroatoms. The highest BCUT2D eigenvalue weighted by molar-refractivity contribution is 5.89. The van der Waals surface area contributed by atoms with Crippen molar-refractivity contribution in [3.8, 4) is 5.75 Å². The molecule has 29 heavy (non-hydrogen) atoms. The number of rotatable bonds is 4. The van der Waals surface area contributed by atoms with E-state index in [1.165, 1.54) is 16.8 Å². The normalized spacial score (nSPS) is 15.4. The lowest BCUT2D eigenvalue weighted by Gasteiger charge is -2.38. The van der Waals surface area contributed by atoms with Crippen molar-refractivity contribution in [1.29, 1.82) is 0 Å². The molecule has 1 aliphatic rings. The van der Waals surface area contributed by atoms with E-state index in [-0.39, 0.29) is 5.91 Å². The maximum absolute atomic E-state index is 13.0. The van der Waals surface area contributed by atoms with Crippen molar-refractivity contribution in [2.45, 2.75) is 26.9 Å². The second kappa shape index (κ2) is 8.16. The fourth-order valence-electron chi connectivity index (χ4n) is 4.04. The summed E-state index contributed by atoms with van der Waals surface area (Å²) >= 11 is 0. The van der Waals surface area contributed by atoms with Crippen LogP contribution in [0.4, 0.5) is 5.69 Å². The van der Waals surface area contributed by atoms with Crippen molar-refractivity contribution in [2.75, 3.05) is 31.1 Å². The van der Waals surface area contributed by atoms with Gasteiger partial charge >= 0.3 is 0 Å². The molecule has 1 atom stereocenters. The Morgan fingerprint density at radius 1 is 0.897 bits per heavy atom. The molecule has 150 valence electrons. The van der Waals surface area contributed by atoms with Crippen LogP contribution in [0.2, 0.25) is 0 Å². The highest BCUT2D eigenvalue weighted by atomic mass is 16.5. The number of hydrogen-bond acceptors (Lipinski definition) is 3. The van der Waals surface area contributed by atoms with Gasteiger partial charge in [0.05, 0.1) is 0 Å². The van der Waals surface area contributed by atoms with E-state index in [2.05, 4.69) is 49.1 Å². The summed E-state index contributed by atoms with van der Waals surface area (Å²) in [6, 6.07) is 20.5. The van der Waals surface area contributed by atoms with Gasteiger partial charge in [-0.3, -0.25) is 4.79 Å². The van der Waals surface area contributed by atoms with E-state index >= 15 is 0 Å². The summed E-state index contributed by atoms with van der Waals surface area (Å²) in [7, 11) is 0. The number of anilines is 1. The van der Waals surface area contributed by atoms with Gasteiger partial charge in [-0.1, -0.05) is 48.5 Å². The van der Waals surface area contributed by atoms with Crippen molar-refractivity contribution in [3.05, 3.63) is 71.8 Å². The zero-order chi connectivity index (χ0) is 20.4. The van der Waals surface area contributed by atoms with E-state index in [1.807, 2.05) is 42.2 Å². The maximum atomic E-state index is 13.0. The Labute approximate surface area is 172 Å². The van der Waals surface area contributed by atoms with Crippen LogP contribution < -0.4 is 9.64 Å². The van der Waals surface area contributed by atoms with E-state index in [0.717, 1.165) is 42.7 Å². The number of carbonyl (C=O) groups is 1. The molecule has 4 nitrogen and oxygen atoms in total. The first-order valence-electron chi connectivity index (χ1n) is 10.3. The van der Waals surface area contributed by atoms with Gasteiger partial charge in [-0.15, -0.1) is 0 Å². The molecule has 4 rings (SSSR count). The fourth-order valence-corrected chi connectivity index (χ4v) is 4.04. The molecule has 0 spiro atoms. The summed E-state index contributed by atoms with van der Waals surface area (Å²) in [5.74, 6) is 0.816. The first-order chi connectivity index (χ1) is 14.0. The molecule has 0 aliphatic carbocycles. The van der Waals surface area contributed by atoms with Crippen molar-refractivity contribution >= 4 is 22.4 Å². The second-order valence-electron chi connectivity index (χ2n) is 7.77. The van der Waals surface area contributed by atoms with E-state index in [1.54, 1.807) is 0 Å². The first kappa shape index (κ1) is 19.3. The molecule has 1 amide bonds. The lowest BCUT2D eigenvalue weighted by molar-refractivity contribution is -0.138. The summed E-state index contributed by atoms with van der Waals surface area (Å²) in [5, 5.41) is 2.15. The SMILES string of the molecule is Cc1cccc(N2CCN(C(=O)[C@@H](C)Oc3cccc4ccccc34)CC2)c1C. The Morgan fingerprint density at radius 2 is 1.59 bits per heavy atom. The molecule has 1 heterocycles. The lowest BCUT2D eigenvalue weighted by Crippen LogP contribution is -2.52. The largest absolute Gasteiger partial charge is 0.480 e. The van der Waals surface area contributed by atoms with E-state index in [9.17, 15) is 4.79 Å². The Balaban J connectivity index is 1.41. The molecule has 0 radical (unpaired) electrons. The maximum Gasteiger partial charge on any atom is 0.263 e. The minimum absolute atomic E-state index is 0.0542. The van der Waals surface area contributed by atoms with E-state index in [0.29, 0.717) is 0 Å². The van der Waals surface area contributed by atoms with Crippen LogP contribution in [0.1, 0.15) is 18.1 Å². The molecule has 1 aliphatic heterocycles. The first-order valence-corrected chi connectivity index (χ1v) is 10.3. The van der Waals surface area contributed by atoms with Crippen LogP contribution in [0.25, 0.3) is 10.8 Å². The highest BCUT2D eigenvalue weighted by Crippen LogP contribution is 2.27. The van der Waals surface area contributed by atoms with Crippen LogP contribution in [0.3, 0.4) is 0 Å². The van der Waals surface area contributed by atoms with Gasteiger partial charge in [0.15, 0.2) is 6.10 Å². The number of ether oxygens (including phenoxy) is 1. The quantitative estimate of drug-likeness (QED) is 0.656. The van der Waals surface area contributed by atoms with Crippen molar-refractivity contribution < 1.29 is 9.53 Å². The number of carbonyl (C=O) groups excluding carboxylic acids is 1. The third-order valence-corrected chi connectivity index (χ3v) is 5.91. The predicted molar refractivity (Wildman–Crippen MR) is 119 cm³/mol. The third kappa shape index (κ3) is 3.93. The third-order valence-electron chi connectivity index (χ3n) is 5.91. The Morgan fingerprint density at radius 3 is 2.38 bits per heavy atom. The van der Waals surface area contributed by atoms with Crippen molar-refractivity contribution in [2.24, 2.45) is 0 Å². The Hall–Kier alpha value is -3.01. The molecule has 0 saturated carbocycles. The Bertz CT molecular complexity index is 1020. The molecule has 1 saturated heterocycles. The van der Waals surface area contributed by atoms with Gasteiger partial charge in [-0.2, -0.15) is 0 Å². The minimum Gasteiger partial charge on any atom is -0.480 e. The zero-order valence-corrected chi connectivity index (χ0v) is 17.4. The van der Waals surface area contributed by atoms with Crippen molar-refractivity contribution in [3.63, 3.8) is 0 Å². The predicted octanol–water partition coefficient (Wildman–Crippen LogP) is 4.57. The number of hydrogen-bond donors (Lipinski definition) is 0. The van der Waals surface area contributed by atoms with Crippen LogP contribution in [0.5, 0.6) is 5.75 Å². The average Bonchev–Trinajstić information content (AvgIpc) is 2.75.